The zero-order valence-corrected chi connectivity index (χ0v) is 23.8. The van der Waals surface area contributed by atoms with Gasteiger partial charge in [-0.2, -0.15) is 0 Å². The maximum atomic E-state index is 13.9. The molecule has 0 N–H and O–H groups in total. The van der Waals surface area contributed by atoms with Gasteiger partial charge < -0.3 is 19.1 Å². The molecule has 0 unspecified atom stereocenters. The quantitative estimate of drug-likeness (QED) is 0.422. The van der Waals surface area contributed by atoms with Crippen molar-refractivity contribution in [2.75, 3.05) is 34.4 Å². The second-order valence-corrected chi connectivity index (χ2v) is 9.98. The molecule has 2 heterocycles. The number of methoxy groups -OCH3 is 3. The van der Waals surface area contributed by atoms with Crippen LogP contribution in [0.2, 0.25) is 5.02 Å². The Bertz CT molecular complexity index is 1570. The number of amides is 1. The molecule has 2 aromatic carbocycles. The van der Waals surface area contributed by atoms with Crippen LogP contribution in [0.4, 0.5) is 0 Å². The maximum Gasteiger partial charge on any atom is 0.271 e. The van der Waals surface area contributed by atoms with Crippen molar-refractivity contribution in [3.8, 4) is 17.2 Å². The zero-order chi connectivity index (χ0) is 27.6. The summed E-state index contributed by atoms with van der Waals surface area (Å²) in [6.45, 7) is 6.76. The van der Waals surface area contributed by atoms with Gasteiger partial charge in [0.25, 0.3) is 11.5 Å². The lowest BCUT2D eigenvalue weighted by Crippen LogP contribution is -2.43. The summed E-state index contributed by atoms with van der Waals surface area (Å²) in [6.07, 6.45) is 1.74. The fourth-order valence-electron chi connectivity index (χ4n) is 4.62. The van der Waals surface area contributed by atoms with Crippen LogP contribution in [0.5, 0.6) is 17.2 Å². The molecule has 0 saturated carbocycles. The van der Waals surface area contributed by atoms with E-state index in [1.165, 1.54) is 25.6 Å². The van der Waals surface area contributed by atoms with Crippen LogP contribution in [0.25, 0.3) is 6.08 Å². The van der Waals surface area contributed by atoms with E-state index in [0.29, 0.717) is 61.5 Å². The summed E-state index contributed by atoms with van der Waals surface area (Å²) in [7, 11) is 4.61. The number of likely N-dealkylation sites (N-methyl/N-ethyl adjacent to an activating group) is 1. The van der Waals surface area contributed by atoms with Crippen molar-refractivity contribution in [1.29, 1.82) is 0 Å². The Morgan fingerprint density at radius 1 is 1.05 bits per heavy atom. The Hall–Kier alpha value is -3.56. The number of carbonyl (C=O) groups is 1. The standard InChI is InChI=1S/C28H30ClN3O5S/c1-7-31(8-2)27(34)22-16(3)30-28-32(23(22)17-9-12-19(29)13-10-17)26(33)21(38-28)15-18-11-14-20(35-4)25(37-6)24(18)36-5/h9-15,23H,7-8H2,1-6H3/b21-15+/t23-/m1/s1. The van der Waals surface area contributed by atoms with Gasteiger partial charge in [-0.15, -0.1) is 0 Å². The molecule has 0 saturated heterocycles. The molecule has 0 aliphatic carbocycles. The number of benzene rings is 2. The summed E-state index contributed by atoms with van der Waals surface area (Å²) in [5, 5.41) is 0.569. The van der Waals surface area contributed by atoms with Gasteiger partial charge in [-0.25, -0.2) is 4.99 Å². The van der Waals surface area contributed by atoms with E-state index < -0.39 is 6.04 Å². The average molecular weight is 556 g/mol. The monoisotopic (exact) mass is 555 g/mol. The topological polar surface area (TPSA) is 82.4 Å². The van der Waals surface area contributed by atoms with Crippen molar-refractivity contribution in [3.05, 3.63) is 83.5 Å². The molecule has 1 aromatic heterocycles. The van der Waals surface area contributed by atoms with Crippen molar-refractivity contribution >= 4 is 34.9 Å². The number of hydrogen-bond donors (Lipinski definition) is 0. The highest BCUT2D eigenvalue weighted by Crippen LogP contribution is 2.40. The molecular formula is C28H30ClN3O5S. The second-order valence-electron chi connectivity index (χ2n) is 8.53. The van der Waals surface area contributed by atoms with Crippen molar-refractivity contribution < 1.29 is 19.0 Å². The lowest BCUT2D eigenvalue weighted by atomic mass is 9.94. The van der Waals surface area contributed by atoms with Crippen LogP contribution in [0, 0.1) is 0 Å². The third kappa shape index (κ3) is 4.83. The first kappa shape index (κ1) is 27.5. The van der Waals surface area contributed by atoms with Gasteiger partial charge in [-0.3, -0.25) is 14.2 Å². The smallest absolute Gasteiger partial charge is 0.271 e. The van der Waals surface area contributed by atoms with Crippen molar-refractivity contribution in [2.24, 2.45) is 4.99 Å². The number of halogens is 1. The molecule has 1 aliphatic rings. The minimum absolute atomic E-state index is 0.146. The molecule has 0 bridgehead atoms. The van der Waals surface area contributed by atoms with E-state index in [9.17, 15) is 9.59 Å². The number of carbonyl (C=O) groups excluding carboxylic acids is 1. The Labute approximate surface area is 230 Å². The molecular weight excluding hydrogens is 526 g/mol. The predicted molar refractivity (Wildman–Crippen MR) is 149 cm³/mol. The number of ether oxygens (including phenoxy) is 3. The molecule has 8 nitrogen and oxygen atoms in total. The number of thiazole rings is 1. The minimum Gasteiger partial charge on any atom is -0.493 e. The highest BCUT2D eigenvalue weighted by atomic mass is 35.5. The SMILES string of the molecule is CCN(CC)C(=O)C1=C(C)N=c2s/c(=C/c3ccc(OC)c(OC)c3OC)c(=O)n2[C@@H]1c1ccc(Cl)cc1. The molecule has 0 fully saturated rings. The van der Waals surface area contributed by atoms with E-state index in [2.05, 4.69) is 0 Å². The van der Waals surface area contributed by atoms with Gasteiger partial charge in [-0.05, 0) is 56.7 Å². The van der Waals surface area contributed by atoms with Gasteiger partial charge in [0.15, 0.2) is 16.3 Å². The van der Waals surface area contributed by atoms with E-state index >= 15 is 0 Å². The van der Waals surface area contributed by atoms with Crippen LogP contribution in [0.15, 0.2) is 57.5 Å². The van der Waals surface area contributed by atoms with Crippen LogP contribution in [0.3, 0.4) is 0 Å². The lowest BCUT2D eigenvalue weighted by molar-refractivity contribution is -0.127. The third-order valence-electron chi connectivity index (χ3n) is 6.51. The molecule has 10 heteroatoms. The number of aromatic nitrogens is 1. The number of allylic oxidation sites excluding steroid dienone is 1. The van der Waals surface area contributed by atoms with Gasteiger partial charge in [0.2, 0.25) is 5.75 Å². The van der Waals surface area contributed by atoms with Crippen molar-refractivity contribution in [3.63, 3.8) is 0 Å². The van der Waals surface area contributed by atoms with E-state index in [1.807, 2.05) is 32.9 Å². The Morgan fingerprint density at radius 2 is 1.71 bits per heavy atom. The molecule has 200 valence electrons. The molecule has 1 amide bonds. The summed E-state index contributed by atoms with van der Waals surface area (Å²) in [5.74, 6) is 1.24. The number of nitrogens with zero attached hydrogens (tertiary/aromatic N) is 3. The van der Waals surface area contributed by atoms with Gasteiger partial charge in [0.05, 0.1) is 43.2 Å². The van der Waals surface area contributed by atoms with Crippen LogP contribution in [0.1, 0.15) is 37.9 Å². The summed E-state index contributed by atoms with van der Waals surface area (Å²) in [5.41, 5.74) is 2.21. The fourth-order valence-corrected chi connectivity index (χ4v) is 5.78. The summed E-state index contributed by atoms with van der Waals surface area (Å²) in [4.78, 5) is 34.6. The molecule has 1 aliphatic heterocycles. The molecule has 0 radical (unpaired) electrons. The first-order valence-corrected chi connectivity index (χ1v) is 13.3. The highest BCUT2D eigenvalue weighted by molar-refractivity contribution is 7.07. The highest BCUT2D eigenvalue weighted by Gasteiger charge is 2.34. The Morgan fingerprint density at radius 3 is 2.29 bits per heavy atom. The van der Waals surface area contributed by atoms with Gasteiger partial charge >= 0.3 is 0 Å². The number of fused-ring (bicyclic) bond motifs is 1. The largest absolute Gasteiger partial charge is 0.493 e. The third-order valence-corrected chi connectivity index (χ3v) is 7.74. The Balaban J connectivity index is 1.97. The average Bonchev–Trinajstić information content (AvgIpc) is 3.22. The fraction of sp³-hybridized carbons (Fsp3) is 0.321. The van der Waals surface area contributed by atoms with Crippen LogP contribution < -0.4 is 29.1 Å². The van der Waals surface area contributed by atoms with Crippen molar-refractivity contribution in [1.82, 2.24) is 9.47 Å². The van der Waals surface area contributed by atoms with Gasteiger partial charge in [0, 0.05) is 23.7 Å². The Kier molecular flexibility index (Phi) is 8.28. The van der Waals surface area contributed by atoms with Crippen LogP contribution in [-0.2, 0) is 4.79 Å². The second kappa shape index (κ2) is 11.4. The zero-order valence-electron chi connectivity index (χ0n) is 22.2. The van der Waals surface area contributed by atoms with Gasteiger partial charge in [0.1, 0.15) is 0 Å². The normalized spacial score (nSPS) is 15.1. The van der Waals surface area contributed by atoms with E-state index in [1.54, 1.807) is 46.9 Å². The van der Waals surface area contributed by atoms with Gasteiger partial charge in [-0.1, -0.05) is 35.1 Å². The molecule has 1 atom stereocenters. The number of rotatable bonds is 8. The van der Waals surface area contributed by atoms with Crippen LogP contribution >= 0.6 is 22.9 Å². The first-order valence-electron chi connectivity index (χ1n) is 12.2. The van der Waals surface area contributed by atoms with Crippen molar-refractivity contribution in [2.45, 2.75) is 26.8 Å². The van der Waals surface area contributed by atoms with E-state index in [0.717, 1.165) is 5.56 Å². The number of hydrogen-bond acceptors (Lipinski definition) is 7. The minimum atomic E-state index is -0.647. The summed E-state index contributed by atoms with van der Waals surface area (Å²) >= 11 is 7.42. The summed E-state index contributed by atoms with van der Waals surface area (Å²) in [6, 6.07) is 10.1. The van der Waals surface area contributed by atoms with Crippen LogP contribution in [-0.4, -0.2) is 49.8 Å². The molecule has 0 spiro atoms. The predicted octanol–water partition coefficient (Wildman–Crippen LogP) is 3.78. The first-order chi connectivity index (χ1) is 18.3. The molecule has 3 aromatic rings. The maximum absolute atomic E-state index is 13.9. The van der Waals surface area contributed by atoms with E-state index in [-0.39, 0.29) is 11.5 Å². The summed E-state index contributed by atoms with van der Waals surface area (Å²) < 4.78 is 18.5. The van der Waals surface area contributed by atoms with E-state index in [4.69, 9.17) is 30.8 Å². The lowest BCUT2D eigenvalue weighted by Gasteiger charge is -2.29. The molecule has 38 heavy (non-hydrogen) atoms. The molecule has 4 rings (SSSR count).